The van der Waals surface area contributed by atoms with Crippen molar-refractivity contribution >= 4 is 19.8 Å². The minimum atomic E-state index is -2.12. The normalized spacial score (nSPS) is 25.9. The number of nitrogens with zero attached hydrogens (tertiary/aromatic N) is 1. The Balaban J connectivity index is 2.28. The van der Waals surface area contributed by atoms with E-state index in [9.17, 15) is 10.0 Å². The van der Waals surface area contributed by atoms with Crippen LogP contribution in [-0.2, 0) is 23.5 Å². The molecule has 1 spiro atoms. The first-order chi connectivity index (χ1) is 13.0. The van der Waals surface area contributed by atoms with Gasteiger partial charge < -0.3 is 18.7 Å². The molecule has 2 aliphatic rings. The molecule has 2 rings (SSSR count). The molecule has 0 bridgehead atoms. The monoisotopic (exact) mass is 413 g/mol. The van der Waals surface area contributed by atoms with Crippen LogP contribution in [0.1, 0.15) is 54.4 Å². The number of carbonyl (C=O) groups is 1. The first-order valence-corrected chi connectivity index (χ1v) is 12.2. The Morgan fingerprint density at radius 3 is 2.25 bits per heavy atom. The molecule has 1 aliphatic carbocycles. The first-order valence-electron chi connectivity index (χ1n) is 10.0. The zero-order valence-electron chi connectivity index (χ0n) is 18.4. The molecular weight excluding hydrogens is 378 g/mol. The topological polar surface area (TPSA) is 80.1 Å². The minimum absolute atomic E-state index is 0.106. The van der Waals surface area contributed by atoms with Crippen LogP contribution in [0.25, 0.3) is 0 Å². The molecule has 1 aliphatic heterocycles. The minimum Gasteiger partial charge on any atom is -0.499 e. The van der Waals surface area contributed by atoms with Crippen molar-refractivity contribution in [3.8, 4) is 0 Å². The summed E-state index contributed by atoms with van der Waals surface area (Å²) in [6.07, 6.45) is 1.24. The summed E-state index contributed by atoms with van der Waals surface area (Å²) in [5, 5.41) is 12.6. The Bertz CT molecular complexity index is 635. The van der Waals surface area contributed by atoms with Gasteiger partial charge in [0.1, 0.15) is 12.4 Å². The standard InChI is InChI=1S/C20H35NO6Si/c1-13(2)28(14(3)4,15(5)6)26-12-16-11-20(27-21(16)23)18(24-7)9-17(22)10-19(20)25-8/h9,13-15,19H,10-12H2,1-8H3/t19-,20-/m1/s1. The van der Waals surface area contributed by atoms with Gasteiger partial charge >= 0.3 is 0 Å². The lowest BCUT2D eigenvalue weighted by atomic mass is 9.82. The lowest BCUT2D eigenvalue weighted by molar-refractivity contribution is -0.753. The number of ether oxygens (including phenoxy) is 2. The van der Waals surface area contributed by atoms with E-state index >= 15 is 0 Å². The molecule has 8 heteroatoms. The largest absolute Gasteiger partial charge is 0.499 e. The summed E-state index contributed by atoms with van der Waals surface area (Å²) < 4.78 is 17.5. The predicted octanol–water partition coefficient (Wildman–Crippen LogP) is 3.72. The average molecular weight is 414 g/mol. The van der Waals surface area contributed by atoms with Crippen LogP contribution in [0.15, 0.2) is 11.8 Å². The second-order valence-corrected chi connectivity index (χ2v) is 14.2. The summed E-state index contributed by atoms with van der Waals surface area (Å²) in [7, 11) is 0.865. The van der Waals surface area contributed by atoms with Crippen molar-refractivity contribution in [2.75, 3.05) is 20.8 Å². The van der Waals surface area contributed by atoms with Crippen LogP contribution in [0.2, 0.25) is 16.6 Å². The summed E-state index contributed by atoms with van der Waals surface area (Å²) in [4.78, 5) is 18.2. The SMILES string of the molecule is COC1=CC(=O)C[C@@H](OC)[C@@]12CC(CO[Si](C(C)C)(C(C)C)C(C)C)=[N+]([O-])O2. The number of methoxy groups -OCH3 is 2. The van der Waals surface area contributed by atoms with Crippen LogP contribution in [-0.4, -0.2) is 57.2 Å². The molecule has 160 valence electrons. The lowest BCUT2D eigenvalue weighted by Gasteiger charge is -2.42. The molecule has 0 saturated heterocycles. The van der Waals surface area contributed by atoms with Gasteiger partial charge in [-0.25, -0.2) is 0 Å². The van der Waals surface area contributed by atoms with Crippen LogP contribution in [0.4, 0.5) is 0 Å². The number of hydrogen-bond acceptors (Lipinski definition) is 6. The highest BCUT2D eigenvalue weighted by molar-refractivity contribution is 6.77. The van der Waals surface area contributed by atoms with E-state index in [0.717, 1.165) is 0 Å². The number of carbonyl (C=O) groups excluding carboxylic acids is 1. The third-order valence-electron chi connectivity index (χ3n) is 6.29. The van der Waals surface area contributed by atoms with Gasteiger partial charge in [0.15, 0.2) is 11.4 Å². The van der Waals surface area contributed by atoms with Gasteiger partial charge in [-0.15, -0.1) is 0 Å². The van der Waals surface area contributed by atoms with E-state index in [-0.39, 0.29) is 25.2 Å². The van der Waals surface area contributed by atoms with E-state index in [1.54, 1.807) is 0 Å². The zero-order valence-corrected chi connectivity index (χ0v) is 19.4. The zero-order chi connectivity index (χ0) is 21.3. The average Bonchev–Trinajstić information content (AvgIpc) is 2.93. The third kappa shape index (κ3) is 3.74. The van der Waals surface area contributed by atoms with Crippen molar-refractivity contribution in [2.45, 2.75) is 82.7 Å². The van der Waals surface area contributed by atoms with E-state index in [0.29, 0.717) is 33.0 Å². The van der Waals surface area contributed by atoms with Gasteiger partial charge in [-0.2, -0.15) is 0 Å². The van der Waals surface area contributed by atoms with Crippen molar-refractivity contribution < 1.29 is 28.4 Å². The van der Waals surface area contributed by atoms with Gasteiger partial charge in [-0.3, -0.25) is 10.0 Å². The molecule has 0 unspecified atom stereocenters. The molecule has 0 aromatic carbocycles. The third-order valence-corrected chi connectivity index (χ3v) is 12.3. The number of allylic oxidation sites excluding steroid dienone is 1. The quantitative estimate of drug-likeness (QED) is 0.446. The molecule has 2 atom stereocenters. The molecule has 0 radical (unpaired) electrons. The molecule has 0 N–H and O–H groups in total. The number of ketones is 1. The highest BCUT2D eigenvalue weighted by Crippen LogP contribution is 2.44. The second kappa shape index (κ2) is 8.55. The van der Waals surface area contributed by atoms with Crippen LogP contribution >= 0.6 is 0 Å². The maximum absolute atomic E-state index is 12.6. The van der Waals surface area contributed by atoms with Gasteiger partial charge in [-0.05, 0) is 16.6 Å². The van der Waals surface area contributed by atoms with Crippen LogP contribution in [0, 0.1) is 5.21 Å². The Labute approximate surface area is 169 Å². The van der Waals surface area contributed by atoms with E-state index in [2.05, 4.69) is 41.5 Å². The van der Waals surface area contributed by atoms with Crippen LogP contribution in [0.3, 0.4) is 0 Å². The number of hydrogen-bond donors (Lipinski definition) is 0. The van der Waals surface area contributed by atoms with Crippen molar-refractivity contribution in [3.05, 3.63) is 17.0 Å². The number of rotatable bonds is 8. The maximum atomic E-state index is 12.6. The smallest absolute Gasteiger partial charge is 0.248 e. The summed E-state index contributed by atoms with van der Waals surface area (Å²) in [5.74, 6) is 0.220. The summed E-state index contributed by atoms with van der Waals surface area (Å²) in [6.45, 7) is 13.5. The molecule has 0 amide bonds. The van der Waals surface area contributed by atoms with Crippen molar-refractivity contribution in [1.29, 1.82) is 0 Å². The van der Waals surface area contributed by atoms with Crippen LogP contribution < -0.4 is 0 Å². The Morgan fingerprint density at radius 1 is 1.21 bits per heavy atom. The fourth-order valence-electron chi connectivity index (χ4n) is 5.07. The molecule has 0 aromatic rings. The Hall–Kier alpha value is -1.38. The molecule has 1 heterocycles. The Morgan fingerprint density at radius 2 is 1.79 bits per heavy atom. The predicted molar refractivity (Wildman–Crippen MR) is 110 cm³/mol. The Kier molecular flexibility index (Phi) is 6.99. The summed E-state index contributed by atoms with van der Waals surface area (Å²) in [6, 6.07) is 0. The lowest BCUT2D eigenvalue weighted by Crippen LogP contribution is -2.51. The molecule has 7 nitrogen and oxygen atoms in total. The van der Waals surface area contributed by atoms with E-state index in [4.69, 9.17) is 18.7 Å². The molecular formula is C20H35NO6Si. The molecule has 28 heavy (non-hydrogen) atoms. The summed E-state index contributed by atoms with van der Waals surface area (Å²) >= 11 is 0. The van der Waals surface area contributed by atoms with Crippen LogP contribution in [0.5, 0.6) is 0 Å². The van der Waals surface area contributed by atoms with Gasteiger partial charge in [0.05, 0.1) is 19.6 Å². The van der Waals surface area contributed by atoms with Gasteiger partial charge in [0, 0.05) is 24.5 Å². The van der Waals surface area contributed by atoms with Gasteiger partial charge in [-0.1, -0.05) is 41.5 Å². The van der Waals surface area contributed by atoms with Gasteiger partial charge in [0.25, 0.3) is 0 Å². The van der Waals surface area contributed by atoms with Crippen molar-refractivity contribution in [3.63, 3.8) is 0 Å². The van der Waals surface area contributed by atoms with E-state index in [1.165, 1.54) is 20.3 Å². The highest BCUT2D eigenvalue weighted by Gasteiger charge is 2.55. The second-order valence-electron chi connectivity index (χ2n) is 8.69. The maximum Gasteiger partial charge on any atom is 0.248 e. The van der Waals surface area contributed by atoms with E-state index in [1.807, 2.05) is 0 Å². The van der Waals surface area contributed by atoms with Gasteiger partial charge in [0.2, 0.25) is 14.0 Å². The van der Waals surface area contributed by atoms with Crippen molar-refractivity contribution in [2.24, 2.45) is 0 Å². The van der Waals surface area contributed by atoms with E-state index < -0.39 is 20.0 Å². The highest BCUT2D eigenvalue weighted by atomic mass is 28.4. The summed E-state index contributed by atoms with van der Waals surface area (Å²) in [5.41, 5.74) is 0.627. The fraction of sp³-hybridized carbons (Fsp3) is 0.800. The fourth-order valence-corrected chi connectivity index (χ4v) is 10.5. The molecule has 0 aromatic heterocycles. The molecule has 0 saturated carbocycles. The molecule has 0 fully saturated rings. The van der Waals surface area contributed by atoms with Crippen molar-refractivity contribution in [1.82, 2.24) is 0 Å². The first kappa shape index (κ1) is 22.9.